The fraction of sp³-hybridized carbons (Fsp3) is 0.300. The van der Waals surface area contributed by atoms with E-state index in [2.05, 4.69) is 15.9 Å². The van der Waals surface area contributed by atoms with Gasteiger partial charge in [-0.3, -0.25) is 4.79 Å². The number of ketones is 1. The lowest BCUT2D eigenvalue weighted by molar-refractivity contribution is -0.116. The molecule has 0 amide bonds. The molecular formula is C10H10BrClO. The lowest BCUT2D eigenvalue weighted by Crippen LogP contribution is -2.01. The van der Waals surface area contributed by atoms with E-state index < -0.39 is 0 Å². The lowest BCUT2D eigenvalue weighted by atomic mass is 10.1. The number of carbonyl (C=O) groups excluding carboxylic acids is 1. The second-order valence-electron chi connectivity index (χ2n) is 3.04. The van der Waals surface area contributed by atoms with Crippen LogP contribution < -0.4 is 0 Å². The van der Waals surface area contributed by atoms with Gasteiger partial charge in [0.15, 0.2) is 0 Å². The summed E-state index contributed by atoms with van der Waals surface area (Å²) in [6.07, 6.45) is 0. The Labute approximate surface area is 91.2 Å². The van der Waals surface area contributed by atoms with Gasteiger partial charge in [-0.2, -0.15) is 0 Å². The summed E-state index contributed by atoms with van der Waals surface area (Å²) in [5.74, 6) is 0.0849. The highest BCUT2D eigenvalue weighted by Gasteiger charge is 2.12. The summed E-state index contributed by atoms with van der Waals surface area (Å²) in [5.41, 5.74) is 1.98. The highest BCUT2D eigenvalue weighted by Crippen LogP contribution is 2.27. The smallest absolute Gasteiger partial charge is 0.147 e. The number of aryl methyl sites for hydroxylation is 1. The molecule has 0 N–H and O–H groups in total. The average molecular weight is 262 g/mol. The molecule has 1 nitrogen and oxygen atoms in total. The van der Waals surface area contributed by atoms with Gasteiger partial charge in [-0.15, -0.1) is 0 Å². The van der Waals surface area contributed by atoms with Crippen LogP contribution in [0.15, 0.2) is 18.2 Å². The molecule has 0 bridgehead atoms. The van der Waals surface area contributed by atoms with Crippen molar-refractivity contribution in [1.29, 1.82) is 0 Å². The quantitative estimate of drug-likeness (QED) is 0.742. The van der Waals surface area contributed by atoms with E-state index in [0.717, 1.165) is 11.1 Å². The minimum absolute atomic E-state index is 0.0849. The Hall–Kier alpha value is -0.340. The average Bonchev–Trinajstić information content (AvgIpc) is 2.01. The molecule has 0 spiro atoms. The summed E-state index contributed by atoms with van der Waals surface area (Å²) in [7, 11) is 0. The summed E-state index contributed by atoms with van der Waals surface area (Å²) in [5, 5.41) is 0.667. The molecule has 0 saturated heterocycles. The molecule has 1 rings (SSSR count). The number of hydrogen-bond donors (Lipinski definition) is 0. The molecule has 0 aromatic heterocycles. The van der Waals surface area contributed by atoms with Crippen molar-refractivity contribution in [1.82, 2.24) is 0 Å². The van der Waals surface area contributed by atoms with E-state index in [9.17, 15) is 4.79 Å². The standard InChI is InChI=1S/C10H10BrClO/c1-6-3-8(5-9(12)4-6)10(11)7(2)13/h3-5,10H,1-2H3. The molecule has 0 aliphatic heterocycles. The van der Waals surface area contributed by atoms with Crippen molar-refractivity contribution in [3.63, 3.8) is 0 Å². The number of hydrogen-bond acceptors (Lipinski definition) is 1. The van der Waals surface area contributed by atoms with Crippen molar-refractivity contribution >= 4 is 33.3 Å². The molecule has 1 unspecified atom stereocenters. The third-order valence-electron chi connectivity index (χ3n) is 1.71. The van der Waals surface area contributed by atoms with Gasteiger partial charge in [0, 0.05) is 5.02 Å². The number of benzene rings is 1. The summed E-state index contributed by atoms with van der Waals surface area (Å²) in [6, 6.07) is 5.62. The summed E-state index contributed by atoms with van der Waals surface area (Å²) in [6.45, 7) is 3.50. The number of rotatable bonds is 2. The first kappa shape index (κ1) is 10.7. The molecular weight excluding hydrogens is 251 g/mol. The molecule has 13 heavy (non-hydrogen) atoms. The Morgan fingerprint density at radius 3 is 2.54 bits per heavy atom. The Morgan fingerprint density at radius 2 is 2.08 bits per heavy atom. The van der Waals surface area contributed by atoms with Crippen LogP contribution in [-0.4, -0.2) is 5.78 Å². The second kappa shape index (κ2) is 4.25. The van der Waals surface area contributed by atoms with Gasteiger partial charge in [-0.25, -0.2) is 0 Å². The molecule has 70 valence electrons. The van der Waals surface area contributed by atoms with Crippen LogP contribution in [-0.2, 0) is 4.79 Å². The fourth-order valence-electron chi connectivity index (χ4n) is 1.15. The molecule has 0 aliphatic rings. The van der Waals surface area contributed by atoms with Crippen LogP contribution in [0.1, 0.15) is 22.9 Å². The van der Waals surface area contributed by atoms with Crippen molar-refractivity contribution in [3.8, 4) is 0 Å². The predicted octanol–water partition coefficient (Wildman–Crippen LogP) is 3.67. The maximum absolute atomic E-state index is 11.1. The van der Waals surface area contributed by atoms with Gasteiger partial charge in [-0.1, -0.05) is 33.6 Å². The lowest BCUT2D eigenvalue weighted by Gasteiger charge is -2.07. The molecule has 0 fully saturated rings. The minimum atomic E-state index is -0.245. The molecule has 1 aromatic carbocycles. The fourth-order valence-corrected chi connectivity index (χ4v) is 1.71. The first-order chi connectivity index (χ1) is 6.00. The van der Waals surface area contributed by atoms with Crippen LogP contribution in [0.4, 0.5) is 0 Å². The summed E-state index contributed by atoms with van der Waals surface area (Å²) >= 11 is 9.18. The highest BCUT2D eigenvalue weighted by molar-refractivity contribution is 9.09. The van der Waals surface area contributed by atoms with Crippen LogP contribution in [0.25, 0.3) is 0 Å². The predicted molar refractivity (Wildman–Crippen MR) is 58.5 cm³/mol. The zero-order chi connectivity index (χ0) is 10.0. The zero-order valence-corrected chi connectivity index (χ0v) is 9.82. The maximum Gasteiger partial charge on any atom is 0.147 e. The van der Waals surface area contributed by atoms with E-state index in [1.807, 2.05) is 19.1 Å². The zero-order valence-electron chi connectivity index (χ0n) is 7.47. The molecule has 1 atom stereocenters. The monoisotopic (exact) mass is 260 g/mol. The van der Waals surface area contributed by atoms with Gasteiger partial charge in [-0.05, 0) is 37.1 Å². The first-order valence-corrected chi connectivity index (χ1v) is 5.21. The van der Waals surface area contributed by atoms with E-state index in [1.54, 1.807) is 13.0 Å². The van der Waals surface area contributed by atoms with E-state index >= 15 is 0 Å². The first-order valence-electron chi connectivity index (χ1n) is 3.92. The van der Waals surface area contributed by atoms with E-state index in [4.69, 9.17) is 11.6 Å². The third-order valence-corrected chi connectivity index (χ3v) is 3.11. The Balaban J connectivity index is 3.07. The maximum atomic E-state index is 11.1. The van der Waals surface area contributed by atoms with Crippen LogP contribution in [0.5, 0.6) is 0 Å². The van der Waals surface area contributed by atoms with Gasteiger partial charge >= 0.3 is 0 Å². The topological polar surface area (TPSA) is 17.1 Å². The SMILES string of the molecule is CC(=O)C(Br)c1cc(C)cc(Cl)c1. The molecule has 0 saturated carbocycles. The Kier molecular flexibility index (Phi) is 3.51. The van der Waals surface area contributed by atoms with Crippen LogP contribution >= 0.6 is 27.5 Å². The summed E-state index contributed by atoms with van der Waals surface area (Å²) in [4.78, 5) is 10.8. The number of carbonyl (C=O) groups is 1. The van der Waals surface area contributed by atoms with Crippen LogP contribution in [0.2, 0.25) is 5.02 Å². The van der Waals surface area contributed by atoms with Gasteiger partial charge in [0.05, 0.1) is 4.83 Å². The number of halogens is 2. The molecule has 0 aliphatic carbocycles. The highest BCUT2D eigenvalue weighted by atomic mass is 79.9. The minimum Gasteiger partial charge on any atom is -0.298 e. The van der Waals surface area contributed by atoms with Crippen molar-refractivity contribution in [2.24, 2.45) is 0 Å². The Bertz CT molecular complexity index is 315. The van der Waals surface area contributed by atoms with E-state index in [1.165, 1.54) is 0 Å². The van der Waals surface area contributed by atoms with Crippen LogP contribution in [0.3, 0.4) is 0 Å². The summed E-state index contributed by atoms with van der Waals surface area (Å²) < 4.78 is 0. The molecule has 1 aromatic rings. The molecule has 0 radical (unpaired) electrons. The van der Waals surface area contributed by atoms with Gasteiger partial charge in [0.2, 0.25) is 0 Å². The number of alkyl halides is 1. The van der Waals surface area contributed by atoms with Crippen molar-refractivity contribution < 1.29 is 4.79 Å². The van der Waals surface area contributed by atoms with Gasteiger partial charge in [0.25, 0.3) is 0 Å². The molecule has 0 heterocycles. The van der Waals surface area contributed by atoms with Crippen LogP contribution in [0, 0.1) is 6.92 Å². The molecule has 3 heteroatoms. The van der Waals surface area contributed by atoms with Gasteiger partial charge < -0.3 is 0 Å². The largest absolute Gasteiger partial charge is 0.298 e. The van der Waals surface area contributed by atoms with Gasteiger partial charge in [0.1, 0.15) is 5.78 Å². The normalized spacial score (nSPS) is 12.6. The number of Topliss-reactive ketones (excluding diaryl/α,β-unsaturated/α-hetero) is 1. The second-order valence-corrected chi connectivity index (χ2v) is 4.39. The van der Waals surface area contributed by atoms with E-state index in [-0.39, 0.29) is 10.6 Å². The van der Waals surface area contributed by atoms with Crippen molar-refractivity contribution in [3.05, 3.63) is 34.3 Å². The third kappa shape index (κ3) is 2.82. The van der Waals surface area contributed by atoms with Crippen molar-refractivity contribution in [2.75, 3.05) is 0 Å². The Morgan fingerprint density at radius 1 is 1.46 bits per heavy atom. The van der Waals surface area contributed by atoms with E-state index in [0.29, 0.717) is 5.02 Å². The van der Waals surface area contributed by atoms with Crippen molar-refractivity contribution in [2.45, 2.75) is 18.7 Å².